The maximum absolute atomic E-state index is 13.7. The minimum Gasteiger partial charge on any atom is -0.494 e. The Labute approximate surface area is 194 Å². The Hall–Kier alpha value is -3.40. The number of para-hydroxylation sites is 1. The van der Waals surface area contributed by atoms with Gasteiger partial charge < -0.3 is 4.74 Å². The van der Waals surface area contributed by atoms with Crippen molar-refractivity contribution in [2.75, 3.05) is 11.5 Å². The maximum atomic E-state index is 13.7. The molecular formula is C29H29NO3. The molecule has 0 bridgehead atoms. The molecule has 3 aromatic rings. The second-order valence-corrected chi connectivity index (χ2v) is 9.79. The lowest BCUT2D eigenvalue weighted by Gasteiger charge is -2.43. The number of benzene rings is 3. The average molecular weight is 440 g/mol. The fourth-order valence-electron chi connectivity index (χ4n) is 5.35. The van der Waals surface area contributed by atoms with E-state index in [-0.39, 0.29) is 29.4 Å². The van der Waals surface area contributed by atoms with Crippen molar-refractivity contribution in [3.8, 4) is 5.75 Å². The third-order valence-corrected chi connectivity index (χ3v) is 6.73. The van der Waals surface area contributed by atoms with E-state index in [0.717, 1.165) is 39.0 Å². The summed E-state index contributed by atoms with van der Waals surface area (Å²) in [5, 5.41) is 2.21. The van der Waals surface area contributed by atoms with Gasteiger partial charge in [0.15, 0.2) is 5.78 Å². The maximum Gasteiger partial charge on any atom is 0.232 e. The quantitative estimate of drug-likeness (QED) is 0.472. The van der Waals surface area contributed by atoms with Crippen molar-refractivity contribution >= 4 is 28.2 Å². The van der Waals surface area contributed by atoms with Crippen LogP contribution in [0.2, 0.25) is 0 Å². The molecule has 1 atom stereocenters. The molecule has 2 aliphatic rings. The number of ether oxygens (including phenoxy) is 1. The van der Waals surface area contributed by atoms with Gasteiger partial charge in [-0.1, -0.05) is 62.4 Å². The van der Waals surface area contributed by atoms with Crippen LogP contribution in [0.1, 0.15) is 51.5 Å². The molecule has 3 aromatic carbocycles. The van der Waals surface area contributed by atoms with Gasteiger partial charge in [0.1, 0.15) is 5.75 Å². The average Bonchev–Trinajstić information content (AvgIpc) is 2.78. The highest BCUT2D eigenvalue weighted by Crippen LogP contribution is 2.49. The lowest BCUT2D eigenvalue weighted by molar-refractivity contribution is -0.121. The summed E-state index contributed by atoms with van der Waals surface area (Å²) in [5.74, 6) is 0.624. The Balaban J connectivity index is 1.69. The lowest BCUT2D eigenvalue weighted by atomic mass is 9.69. The van der Waals surface area contributed by atoms with E-state index in [0.29, 0.717) is 19.4 Å². The van der Waals surface area contributed by atoms with Crippen LogP contribution in [-0.2, 0) is 9.59 Å². The Morgan fingerprint density at radius 1 is 0.939 bits per heavy atom. The van der Waals surface area contributed by atoms with Crippen LogP contribution in [0.4, 0.5) is 5.69 Å². The summed E-state index contributed by atoms with van der Waals surface area (Å²) in [6.07, 6.45) is 1.42. The van der Waals surface area contributed by atoms with E-state index in [9.17, 15) is 9.59 Å². The van der Waals surface area contributed by atoms with E-state index >= 15 is 0 Å². The summed E-state index contributed by atoms with van der Waals surface area (Å²) in [4.78, 5) is 29.1. The van der Waals surface area contributed by atoms with Gasteiger partial charge in [0.2, 0.25) is 5.91 Å². The molecule has 0 saturated heterocycles. The SMILES string of the molecule is CCOc1ccccc1C1CC(=O)N(c2ccc3ccccc3c2)C2=C1C(=O)CC(C)(C)C2. The highest BCUT2D eigenvalue weighted by molar-refractivity contribution is 6.08. The summed E-state index contributed by atoms with van der Waals surface area (Å²) >= 11 is 0. The number of nitrogens with zero attached hydrogens (tertiary/aromatic N) is 1. The van der Waals surface area contributed by atoms with E-state index < -0.39 is 0 Å². The monoisotopic (exact) mass is 439 g/mol. The number of Topliss-reactive ketones (excluding diaryl/α,β-unsaturated/α-hetero) is 1. The largest absolute Gasteiger partial charge is 0.494 e. The molecule has 33 heavy (non-hydrogen) atoms. The summed E-state index contributed by atoms with van der Waals surface area (Å²) in [7, 11) is 0. The van der Waals surface area contributed by atoms with Crippen molar-refractivity contribution < 1.29 is 14.3 Å². The summed E-state index contributed by atoms with van der Waals surface area (Å²) < 4.78 is 5.88. The van der Waals surface area contributed by atoms with E-state index in [1.54, 1.807) is 4.90 Å². The van der Waals surface area contributed by atoms with Crippen LogP contribution in [0.15, 0.2) is 78.0 Å². The van der Waals surface area contributed by atoms with Gasteiger partial charge in [-0.05, 0) is 47.7 Å². The van der Waals surface area contributed by atoms with Crippen LogP contribution >= 0.6 is 0 Å². The van der Waals surface area contributed by atoms with Gasteiger partial charge in [-0.15, -0.1) is 0 Å². The van der Waals surface area contributed by atoms with Crippen molar-refractivity contribution in [2.45, 2.75) is 46.0 Å². The molecule has 1 aliphatic heterocycles. The van der Waals surface area contributed by atoms with E-state index in [2.05, 4.69) is 32.0 Å². The first-order valence-corrected chi connectivity index (χ1v) is 11.7. The molecule has 0 fully saturated rings. The molecule has 5 rings (SSSR count). The molecular weight excluding hydrogens is 410 g/mol. The van der Waals surface area contributed by atoms with E-state index in [1.807, 2.05) is 55.5 Å². The van der Waals surface area contributed by atoms with Gasteiger partial charge in [0, 0.05) is 41.3 Å². The zero-order valence-electron chi connectivity index (χ0n) is 19.4. The number of anilines is 1. The number of allylic oxidation sites excluding steroid dienone is 2. The van der Waals surface area contributed by atoms with Gasteiger partial charge in [-0.2, -0.15) is 0 Å². The third kappa shape index (κ3) is 3.84. The van der Waals surface area contributed by atoms with Crippen LogP contribution in [0.25, 0.3) is 10.8 Å². The van der Waals surface area contributed by atoms with Gasteiger partial charge in [-0.3, -0.25) is 14.5 Å². The molecule has 0 saturated carbocycles. The van der Waals surface area contributed by atoms with Crippen molar-refractivity contribution in [1.29, 1.82) is 0 Å². The predicted molar refractivity (Wildman–Crippen MR) is 131 cm³/mol. The van der Waals surface area contributed by atoms with Crippen molar-refractivity contribution in [3.63, 3.8) is 0 Å². The van der Waals surface area contributed by atoms with Crippen molar-refractivity contribution in [1.82, 2.24) is 0 Å². The lowest BCUT2D eigenvalue weighted by Crippen LogP contribution is -2.43. The zero-order chi connectivity index (χ0) is 23.2. The van der Waals surface area contributed by atoms with Crippen molar-refractivity contribution in [2.24, 2.45) is 5.41 Å². The Morgan fingerprint density at radius 2 is 1.67 bits per heavy atom. The van der Waals surface area contributed by atoms with Crippen LogP contribution in [0.5, 0.6) is 5.75 Å². The normalized spacial score (nSPS) is 20.2. The molecule has 1 aliphatic carbocycles. The van der Waals surface area contributed by atoms with Crippen LogP contribution < -0.4 is 9.64 Å². The fraction of sp³-hybridized carbons (Fsp3) is 0.310. The van der Waals surface area contributed by atoms with Crippen LogP contribution in [0, 0.1) is 5.41 Å². The molecule has 0 N–H and O–H groups in total. The highest BCUT2D eigenvalue weighted by Gasteiger charge is 2.45. The number of carbonyl (C=O) groups excluding carboxylic acids is 2. The Bertz CT molecular complexity index is 1290. The molecule has 4 heteroatoms. The van der Waals surface area contributed by atoms with Crippen LogP contribution in [0.3, 0.4) is 0 Å². The minimum atomic E-state index is -0.282. The second-order valence-electron chi connectivity index (χ2n) is 9.79. The smallest absolute Gasteiger partial charge is 0.232 e. The first kappa shape index (κ1) is 21.4. The van der Waals surface area contributed by atoms with Gasteiger partial charge in [0.25, 0.3) is 0 Å². The third-order valence-electron chi connectivity index (χ3n) is 6.73. The standard InChI is InChI=1S/C29H29NO3/c1-4-33-26-12-8-7-11-22(26)23-16-27(32)30(24-17-29(2,3)18-25(31)28(23)24)21-14-13-19-9-5-6-10-20(19)15-21/h5-15,23H,4,16-18H2,1-3H3. The molecule has 1 heterocycles. The summed E-state index contributed by atoms with van der Waals surface area (Å²) in [6, 6.07) is 22.0. The van der Waals surface area contributed by atoms with Gasteiger partial charge in [-0.25, -0.2) is 0 Å². The van der Waals surface area contributed by atoms with Gasteiger partial charge >= 0.3 is 0 Å². The first-order chi connectivity index (χ1) is 15.9. The summed E-state index contributed by atoms with van der Waals surface area (Å²) in [6.45, 7) is 6.70. The van der Waals surface area contributed by atoms with Crippen LogP contribution in [-0.4, -0.2) is 18.3 Å². The Morgan fingerprint density at radius 3 is 2.45 bits per heavy atom. The number of carbonyl (C=O) groups is 2. The van der Waals surface area contributed by atoms with Gasteiger partial charge in [0.05, 0.1) is 6.61 Å². The highest BCUT2D eigenvalue weighted by atomic mass is 16.5. The number of rotatable bonds is 4. The number of hydrogen-bond donors (Lipinski definition) is 0. The molecule has 4 nitrogen and oxygen atoms in total. The molecule has 0 aromatic heterocycles. The van der Waals surface area contributed by atoms with E-state index in [1.165, 1.54) is 0 Å². The van der Waals surface area contributed by atoms with Crippen molar-refractivity contribution in [3.05, 3.63) is 83.6 Å². The van der Waals surface area contributed by atoms with E-state index in [4.69, 9.17) is 4.74 Å². The number of fused-ring (bicyclic) bond motifs is 1. The minimum absolute atomic E-state index is 0.0193. The predicted octanol–water partition coefficient (Wildman–Crippen LogP) is 6.40. The first-order valence-electron chi connectivity index (χ1n) is 11.7. The molecule has 0 radical (unpaired) electrons. The number of hydrogen-bond acceptors (Lipinski definition) is 3. The fourth-order valence-corrected chi connectivity index (χ4v) is 5.35. The second kappa shape index (κ2) is 8.18. The molecule has 168 valence electrons. The molecule has 0 spiro atoms. The zero-order valence-corrected chi connectivity index (χ0v) is 19.4. The number of ketones is 1. The molecule has 1 unspecified atom stereocenters. The molecule has 1 amide bonds. The number of amides is 1. The summed E-state index contributed by atoms with van der Waals surface area (Å²) in [5.41, 5.74) is 3.17. The Kier molecular flexibility index (Phi) is 5.32. The topological polar surface area (TPSA) is 46.6 Å².